The predicted molar refractivity (Wildman–Crippen MR) is 78.2 cm³/mol. The molecule has 0 saturated carbocycles. The van der Waals surface area contributed by atoms with Gasteiger partial charge in [0.25, 0.3) is 5.91 Å². The Labute approximate surface area is 128 Å². The van der Waals surface area contributed by atoms with Crippen molar-refractivity contribution in [3.05, 3.63) is 28.8 Å². The van der Waals surface area contributed by atoms with E-state index in [4.69, 9.17) is 0 Å². The van der Waals surface area contributed by atoms with Gasteiger partial charge in [-0.1, -0.05) is 6.92 Å². The maximum atomic E-state index is 12.5. The summed E-state index contributed by atoms with van der Waals surface area (Å²) in [7, 11) is 0. The topological polar surface area (TPSA) is 49.8 Å². The Bertz CT molecular complexity index is 539. The molecule has 0 aliphatic carbocycles. The van der Waals surface area contributed by atoms with Crippen molar-refractivity contribution in [1.29, 1.82) is 0 Å². The van der Waals surface area contributed by atoms with Gasteiger partial charge in [-0.05, 0) is 43.0 Å². The highest BCUT2D eigenvalue weighted by Crippen LogP contribution is 2.29. The standard InChI is InChI=1S/C16H21F2NO3/c1-9-4-12(5-10(2)14(9)22-16(17)18)15(21)19-6-11(3)13(7-19)8-20/h4-5,11,13,16,20H,6-8H2,1-3H3/t11-,13+/m1/s1. The van der Waals surface area contributed by atoms with Crippen LogP contribution in [0.4, 0.5) is 8.78 Å². The first-order chi connectivity index (χ1) is 10.3. The number of aliphatic hydroxyl groups excluding tert-OH is 1. The highest BCUT2D eigenvalue weighted by atomic mass is 19.3. The maximum Gasteiger partial charge on any atom is 0.387 e. The number of halogens is 2. The molecule has 1 aliphatic rings. The number of benzene rings is 1. The lowest BCUT2D eigenvalue weighted by atomic mass is 10.00. The first kappa shape index (κ1) is 16.7. The molecule has 1 aromatic carbocycles. The van der Waals surface area contributed by atoms with Crippen molar-refractivity contribution < 1.29 is 23.4 Å². The molecule has 1 N–H and O–H groups in total. The normalized spacial score (nSPS) is 21.5. The number of aliphatic hydroxyl groups is 1. The molecule has 1 amide bonds. The Morgan fingerprint density at radius 3 is 2.41 bits per heavy atom. The Hall–Kier alpha value is -1.69. The number of alkyl halides is 2. The van der Waals surface area contributed by atoms with Crippen LogP contribution in [0.15, 0.2) is 12.1 Å². The van der Waals surface area contributed by atoms with Crippen molar-refractivity contribution >= 4 is 5.91 Å². The molecule has 2 atom stereocenters. The number of hydrogen-bond donors (Lipinski definition) is 1. The summed E-state index contributed by atoms with van der Waals surface area (Å²) >= 11 is 0. The molecule has 1 aliphatic heterocycles. The van der Waals surface area contributed by atoms with Crippen molar-refractivity contribution in [2.75, 3.05) is 19.7 Å². The van der Waals surface area contributed by atoms with E-state index < -0.39 is 6.61 Å². The summed E-state index contributed by atoms with van der Waals surface area (Å²) in [5.74, 6) is 0.317. The van der Waals surface area contributed by atoms with Crippen molar-refractivity contribution in [3.8, 4) is 5.75 Å². The number of likely N-dealkylation sites (tertiary alicyclic amines) is 1. The number of rotatable bonds is 4. The average molecular weight is 313 g/mol. The quantitative estimate of drug-likeness (QED) is 0.929. The summed E-state index contributed by atoms with van der Waals surface area (Å²) in [6.45, 7) is 3.58. The van der Waals surface area contributed by atoms with E-state index >= 15 is 0 Å². The zero-order valence-corrected chi connectivity index (χ0v) is 13.0. The van der Waals surface area contributed by atoms with Gasteiger partial charge in [-0.3, -0.25) is 4.79 Å². The number of nitrogens with zero attached hydrogens (tertiary/aromatic N) is 1. The van der Waals surface area contributed by atoms with Crippen LogP contribution in [0.1, 0.15) is 28.4 Å². The molecule has 0 bridgehead atoms. The Kier molecular flexibility index (Phi) is 5.01. The lowest BCUT2D eigenvalue weighted by molar-refractivity contribution is -0.0507. The van der Waals surface area contributed by atoms with Crippen LogP contribution in [0.3, 0.4) is 0 Å². The van der Waals surface area contributed by atoms with E-state index in [1.807, 2.05) is 6.92 Å². The van der Waals surface area contributed by atoms with Gasteiger partial charge in [0.1, 0.15) is 5.75 Å². The summed E-state index contributed by atoms with van der Waals surface area (Å²) in [5.41, 5.74) is 1.48. The number of ether oxygens (including phenoxy) is 1. The molecule has 0 radical (unpaired) electrons. The number of carbonyl (C=O) groups is 1. The Morgan fingerprint density at radius 1 is 1.36 bits per heavy atom. The maximum absolute atomic E-state index is 12.5. The van der Waals surface area contributed by atoms with Crippen molar-refractivity contribution in [1.82, 2.24) is 4.90 Å². The molecule has 6 heteroatoms. The highest BCUT2D eigenvalue weighted by Gasteiger charge is 2.32. The fraction of sp³-hybridized carbons (Fsp3) is 0.562. The third-order valence-electron chi connectivity index (χ3n) is 4.20. The summed E-state index contributed by atoms with van der Waals surface area (Å²) in [6, 6.07) is 3.15. The van der Waals surface area contributed by atoms with Crippen molar-refractivity contribution in [2.45, 2.75) is 27.4 Å². The minimum absolute atomic E-state index is 0.0597. The van der Waals surface area contributed by atoms with Crippen LogP contribution in [-0.2, 0) is 0 Å². The van der Waals surface area contributed by atoms with Gasteiger partial charge >= 0.3 is 6.61 Å². The fourth-order valence-corrected chi connectivity index (χ4v) is 2.97. The predicted octanol–water partition coefficient (Wildman–Crippen LogP) is 2.61. The zero-order chi connectivity index (χ0) is 16.4. The van der Waals surface area contributed by atoms with Gasteiger partial charge in [-0.25, -0.2) is 0 Å². The average Bonchev–Trinajstić information content (AvgIpc) is 2.82. The molecule has 1 fully saturated rings. The molecule has 1 aromatic rings. The van der Waals surface area contributed by atoms with E-state index in [-0.39, 0.29) is 30.1 Å². The number of hydrogen-bond acceptors (Lipinski definition) is 3. The number of amides is 1. The third-order valence-corrected chi connectivity index (χ3v) is 4.20. The monoisotopic (exact) mass is 313 g/mol. The zero-order valence-electron chi connectivity index (χ0n) is 13.0. The van der Waals surface area contributed by atoms with E-state index in [1.54, 1.807) is 30.9 Å². The molecule has 4 nitrogen and oxygen atoms in total. The molecule has 1 saturated heterocycles. The molecule has 2 rings (SSSR count). The van der Waals surface area contributed by atoms with Crippen LogP contribution in [0.5, 0.6) is 5.75 Å². The van der Waals surface area contributed by atoms with Crippen molar-refractivity contribution in [3.63, 3.8) is 0 Å². The first-order valence-corrected chi connectivity index (χ1v) is 7.29. The highest BCUT2D eigenvalue weighted by molar-refractivity contribution is 5.95. The lowest BCUT2D eigenvalue weighted by Gasteiger charge is -2.18. The van der Waals surface area contributed by atoms with Gasteiger partial charge in [-0.15, -0.1) is 0 Å². The van der Waals surface area contributed by atoms with E-state index in [0.29, 0.717) is 29.8 Å². The molecule has 0 aromatic heterocycles. The van der Waals surface area contributed by atoms with Gasteiger partial charge in [0, 0.05) is 31.2 Å². The molecule has 22 heavy (non-hydrogen) atoms. The second kappa shape index (κ2) is 6.60. The summed E-state index contributed by atoms with van der Waals surface area (Å²) in [4.78, 5) is 14.2. The van der Waals surface area contributed by atoms with E-state index in [9.17, 15) is 18.7 Å². The second-order valence-electron chi connectivity index (χ2n) is 5.95. The van der Waals surface area contributed by atoms with Crippen LogP contribution in [0.25, 0.3) is 0 Å². The van der Waals surface area contributed by atoms with Gasteiger partial charge in [0.15, 0.2) is 0 Å². The van der Waals surface area contributed by atoms with E-state index in [1.165, 1.54) is 0 Å². The van der Waals surface area contributed by atoms with Crippen LogP contribution < -0.4 is 4.74 Å². The Balaban J connectivity index is 2.21. The smallest absolute Gasteiger partial charge is 0.387 e. The molecule has 0 unspecified atom stereocenters. The minimum Gasteiger partial charge on any atom is -0.434 e. The molecule has 122 valence electrons. The fourth-order valence-electron chi connectivity index (χ4n) is 2.97. The molecule has 0 spiro atoms. The molecule has 1 heterocycles. The second-order valence-corrected chi connectivity index (χ2v) is 5.95. The summed E-state index contributed by atoms with van der Waals surface area (Å²) in [5, 5.41) is 9.29. The first-order valence-electron chi connectivity index (χ1n) is 7.29. The Morgan fingerprint density at radius 2 is 1.95 bits per heavy atom. The molecular formula is C16H21F2NO3. The van der Waals surface area contributed by atoms with Crippen LogP contribution in [0.2, 0.25) is 0 Å². The lowest BCUT2D eigenvalue weighted by Crippen LogP contribution is -2.29. The van der Waals surface area contributed by atoms with E-state index in [0.717, 1.165) is 0 Å². The minimum atomic E-state index is -2.89. The van der Waals surface area contributed by atoms with Gasteiger partial charge in [0.2, 0.25) is 0 Å². The number of aryl methyl sites for hydroxylation is 2. The van der Waals surface area contributed by atoms with Crippen LogP contribution in [0, 0.1) is 25.7 Å². The van der Waals surface area contributed by atoms with E-state index in [2.05, 4.69) is 4.74 Å². The number of carbonyl (C=O) groups excluding carboxylic acids is 1. The largest absolute Gasteiger partial charge is 0.434 e. The van der Waals surface area contributed by atoms with Crippen LogP contribution >= 0.6 is 0 Å². The third kappa shape index (κ3) is 3.38. The molecular weight excluding hydrogens is 292 g/mol. The SMILES string of the molecule is Cc1cc(C(=O)N2C[C@@H](CO)[C@H](C)C2)cc(C)c1OC(F)F. The summed E-state index contributed by atoms with van der Waals surface area (Å²) in [6.07, 6.45) is 0. The van der Waals surface area contributed by atoms with Crippen molar-refractivity contribution in [2.24, 2.45) is 11.8 Å². The summed E-state index contributed by atoms with van der Waals surface area (Å²) < 4.78 is 29.3. The van der Waals surface area contributed by atoms with Crippen LogP contribution in [-0.4, -0.2) is 42.2 Å². The van der Waals surface area contributed by atoms with Gasteiger partial charge in [0.05, 0.1) is 0 Å². The van der Waals surface area contributed by atoms with Gasteiger partial charge < -0.3 is 14.7 Å². The van der Waals surface area contributed by atoms with Gasteiger partial charge in [-0.2, -0.15) is 8.78 Å².